The van der Waals surface area contributed by atoms with Gasteiger partial charge in [0.1, 0.15) is 5.75 Å². The predicted molar refractivity (Wildman–Crippen MR) is 113 cm³/mol. The van der Waals surface area contributed by atoms with Crippen LogP contribution in [0.1, 0.15) is 47.1 Å². The van der Waals surface area contributed by atoms with Crippen LogP contribution < -0.4 is 0 Å². The Bertz CT molecular complexity index is 1030. The lowest BCUT2D eigenvalue weighted by Gasteiger charge is -2.28. The van der Waals surface area contributed by atoms with E-state index < -0.39 is 12.1 Å². The highest BCUT2D eigenvalue weighted by atomic mass is 16.3. The number of hydrogen-bond donors (Lipinski definition) is 1. The van der Waals surface area contributed by atoms with Gasteiger partial charge in [0.15, 0.2) is 0 Å². The number of aromatic hydroxyl groups is 1. The molecule has 0 saturated heterocycles. The first-order valence-corrected chi connectivity index (χ1v) is 10.0. The van der Waals surface area contributed by atoms with E-state index in [1.165, 1.54) is 0 Å². The summed E-state index contributed by atoms with van der Waals surface area (Å²) in [6, 6.07) is 13.1. The largest absolute Gasteiger partial charge is 0.508 e. The first-order valence-electron chi connectivity index (χ1n) is 10.0. The molecule has 2 aliphatic rings. The van der Waals surface area contributed by atoms with Gasteiger partial charge in [0.25, 0.3) is 5.84 Å². The van der Waals surface area contributed by atoms with Crippen molar-refractivity contribution in [3.63, 3.8) is 0 Å². The highest BCUT2D eigenvalue weighted by Crippen LogP contribution is 2.32. The molecule has 148 valence electrons. The van der Waals surface area contributed by atoms with Gasteiger partial charge in [0.05, 0.1) is 12.6 Å². The van der Waals surface area contributed by atoms with Gasteiger partial charge in [-0.25, -0.2) is 9.48 Å². The highest BCUT2D eigenvalue weighted by Gasteiger charge is 2.58. The Morgan fingerprint density at radius 2 is 1.62 bits per heavy atom. The summed E-state index contributed by atoms with van der Waals surface area (Å²) in [4.78, 5) is 28.8. The second kappa shape index (κ2) is 7.32. The molecule has 2 aromatic carbocycles. The number of hydrogen-bond acceptors (Lipinski definition) is 4. The van der Waals surface area contributed by atoms with Crippen LogP contribution in [0.4, 0.5) is 0 Å². The molecule has 0 amide bonds. The normalized spacial score (nSPS) is 21.3. The van der Waals surface area contributed by atoms with Crippen LogP contribution >= 0.6 is 0 Å². The van der Waals surface area contributed by atoms with Gasteiger partial charge in [-0.3, -0.25) is 9.59 Å². The molecule has 1 aliphatic carbocycles. The van der Waals surface area contributed by atoms with Gasteiger partial charge in [-0.2, -0.15) is 0 Å². The first kappa shape index (κ1) is 19.1. The molecule has 4 rings (SSSR count). The van der Waals surface area contributed by atoms with Gasteiger partial charge < -0.3 is 5.11 Å². The van der Waals surface area contributed by atoms with Crippen molar-refractivity contribution < 1.29 is 19.3 Å². The van der Waals surface area contributed by atoms with Crippen molar-refractivity contribution in [2.24, 2.45) is 0 Å². The molecular formula is C24H25N2O3+. The molecule has 2 aromatic rings. The number of rotatable bonds is 4. The van der Waals surface area contributed by atoms with Crippen molar-refractivity contribution in [2.75, 3.05) is 6.54 Å². The molecular weight excluding hydrogens is 364 g/mol. The number of likely N-dealkylation sites (N-methyl/N-ethyl adjacent to an activating group) is 1. The third kappa shape index (κ3) is 3.07. The minimum atomic E-state index is -0.517. The molecule has 29 heavy (non-hydrogen) atoms. The van der Waals surface area contributed by atoms with E-state index in [0.717, 1.165) is 11.4 Å². The van der Waals surface area contributed by atoms with E-state index in [9.17, 15) is 14.7 Å². The zero-order chi connectivity index (χ0) is 20.7. The van der Waals surface area contributed by atoms with Crippen molar-refractivity contribution >= 4 is 23.5 Å². The lowest BCUT2D eigenvalue weighted by atomic mass is 9.82. The minimum absolute atomic E-state index is 0.00498. The van der Waals surface area contributed by atoms with Gasteiger partial charge in [0.2, 0.25) is 23.7 Å². The van der Waals surface area contributed by atoms with Crippen molar-refractivity contribution in [1.82, 2.24) is 4.90 Å². The Kier molecular flexibility index (Phi) is 4.82. The van der Waals surface area contributed by atoms with Crippen molar-refractivity contribution in [1.29, 1.82) is 0 Å². The van der Waals surface area contributed by atoms with E-state index in [0.29, 0.717) is 17.7 Å². The smallest absolute Gasteiger partial charge is 0.273 e. The lowest BCUT2D eigenvalue weighted by Crippen LogP contribution is -2.54. The summed E-state index contributed by atoms with van der Waals surface area (Å²) < 4.78 is 2.04. The summed E-state index contributed by atoms with van der Waals surface area (Å²) in [7, 11) is 0. The summed E-state index contributed by atoms with van der Waals surface area (Å²) in [5.41, 5.74) is 1.97. The van der Waals surface area contributed by atoms with Crippen molar-refractivity contribution in [3.8, 4) is 5.75 Å². The van der Waals surface area contributed by atoms with Crippen LogP contribution in [-0.4, -0.2) is 56.7 Å². The molecule has 1 N–H and O–H groups in total. The van der Waals surface area contributed by atoms with E-state index in [2.05, 4.69) is 4.90 Å². The number of carbonyl (C=O) groups is 2. The number of phenols is 1. The van der Waals surface area contributed by atoms with Gasteiger partial charge in [0, 0.05) is 17.2 Å². The molecule has 0 fully saturated rings. The molecule has 5 heteroatoms. The zero-order valence-corrected chi connectivity index (χ0v) is 16.9. The Hall–Kier alpha value is -3.21. The van der Waals surface area contributed by atoms with Crippen LogP contribution in [0.15, 0.2) is 54.6 Å². The lowest BCUT2D eigenvalue weighted by molar-refractivity contribution is -0.538. The average molecular weight is 389 g/mol. The van der Waals surface area contributed by atoms with Crippen LogP contribution in [-0.2, 0) is 0 Å². The second-order valence-corrected chi connectivity index (χ2v) is 7.73. The fraction of sp³-hybridized carbons (Fsp3) is 0.292. The Morgan fingerprint density at radius 1 is 1.00 bits per heavy atom. The molecule has 5 nitrogen and oxygen atoms in total. The number of benzene rings is 2. The van der Waals surface area contributed by atoms with E-state index in [1.807, 2.05) is 61.8 Å². The first-order chi connectivity index (χ1) is 13.9. The molecule has 0 bridgehead atoms. The number of fused-ring (bicyclic) bond motifs is 2. The molecule has 0 saturated carbocycles. The van der Waals surface area contributed by atoms with E-state index in [1.54, 1.807) is 24.3 Å². The maximum Gasteiger partial charge on any atom is 0.273 e. The van der Waals surface area contributed by atoms with Crippen LogP contribution in [0.2, 0.25) is 0 Å². The molecule has 0 radical (unpaired) electrons. The van der Waals surface area contributed by atoms with Gasteiger partial charge in [-0.05, 0) is 44.5 Å². The topological polar surface area (TPSA) is 60.6 Å². The minimum Gasteiger partial charge on any atom is -0.508 e. The number of amidine groups is 1. The number of nitrogens with zero attached hydrogens (tertiary/aromatic N) is 2. The number of phenolic OH excluding ortho intramolecular Hbond substituents is 1. The summed E-state index contributed by atoms with van der Waals surface area (Å²) >= 11 is 0. The molecule has 0 spiro atoms. The Balaban J connectivity index is 1.82. The van der Waals surface area contributed by atoms with Gasteiger partial charge in [-0.15, -0.1) is 0 Å². The fourth-order valence-corrected chi connectivity index (χ4v) is 4.42. The molecule has 0 aromatic heterocycles. The predicted octanol–water partition coefficient (Wildman–Crippen LogP) is 3.38. The highest BCUT2D eigenvalue weighted by molar-refractivity contribution is 6.20. The summed E-state index contributed by atoms with van der Waals surface area (Å²) in [6.07, 6.45) is 3.92. The van der Waals surface area contributed by atoms with Gasteiger partial charge in [-0.1, -0.05) is 36.4 Å². The third-order valence-corrected chi connectivity index (χ3v) is 5.70. The number of Topliss-reactive ketones (excluding diaryl/α,β-unsaturated/α-hetero) is 2. The SMILES string of the molecule is CC[N+]1=C(/C=C/c2ccc(O)cc2)N(C(C)C)C2C(=O)c3ccccc3C(=O)C21. The maximum atomic E-state index is 13.4. The standard InChI is InChI=1S/C24H24N2O3/c1-4-25-20(14-11-16-9-12-17(27)13-10-16)26(15(2)3)22-21(25)23(28)18-7-5-6-8-19(18)24(22)29/h5-15,21-22H,4H2,1-3H3/p+1. The van der Waals surface area contributed by atoms with E-state index in [4.69, 9.17) is 0 Å². The summed E-state index contributed by atoms with van der Waals surface area (Å²) in [6.45, 7) is 6.72. The van der Waals surface area contributed by atoms with Crippen LogP contribution in [0, 0.1) is 0 Å². The molecule has 1 heterocycles. The maximum absolute atomic E-state index is 13.4. The van der Waals surface area contributed by atoms with E-state index in [-0.39, 0.29) is 23.4 Å². The molecule has 2 unspecified atom stereocenters. The molecule has 2 atom stereocenters. The van der Waals surface area contributed by atoms with Gasteiger partial charge >= 0.3 is 0 Å². The Labute approximate surface area is 170 Å². The number of ketones is 2. The Morgan fingerprint density at radius 3 is 2.21 bits per heavy atom. The number of carbonyl (C=O) groups excluding carboxylic acids is 2. The van der Waals surface area contributed by atoms with Crippen LogP contribution in [0.3, 0.4) is 0 Å². The second-order valence-electron chi connectivity index (χ2n) is 7.73. The monoisotopic (exact) mass is 389 g/mol. The van der Waals surface area contributed by atoms with E-state index >= 15 is 0 Å². The third-order valence-electron chi connectivity index (χ3n) is 5.70. The zero-order valence-electron chi connectivity index (χ0n) is 16.9. The summed E-state index contributed by atoms with van der Waals surface area (Å²) in [5.74, 6) is 1.10. The van der Waals surface area contributed by atoms with Crippen molar-refractivity contribution in [3.05, 3.63) is 71.3 Å². The quantitative estimate of drug-likeness (QED) is 0.815. The van der Waals surface area contributed by atoms with Crippen molar-refractivity contribution in [2.45, 2.75) is 38.9 Å². The fourth-order valence-electron chi connectivity index (χ4n) is 4.42. The average Bonchev–Trinajstić information content (AvgIpc) is 3.06. The summed E-state index contributed by atoms with van der Waals surface area (Å²) in [5, 5.41) is 9.50. The van der Waals surface area contributed by atoms with Crippen LogP contribution in [0.25, 0.3) is 6.08 Å². The van der Waals surface area contributed by atoms with Crippen LogP contribution in [0.5, 0.6) is 5.75 Å². The molecule has 1 aliphatic heterocycles.